The van der Waals surface area contributed by atoms with E-state index in [1.807, 2.05) is 36.4 Å². The SMILES string of the molecule is [C-]#[N+]Cc1nn(-c2ccccc2)c(N)c1C#N. The molecule has 0 fully saturated rings. The summed E-state index contributed by atoms with van der Waals surface area (Å²) in [7, 11) is 0. The molecule has 0 bridgehead atoms. The first-order chi connectivity index (χ1) is 8.27. The number of nitrogen functional groups attached to an aromatic ring is 1. The van der Waals surface area contributed by atoms with Gasteiger partial charge in [0, 0.05) is 0 Å². The molecule has 2 rings (SSSR count). The van der Waals surface area contributed by atoms with Crippen molar-refractivity contribution in [2.75, 3.05) is 5.73 Å². The molecule has 0 amide bonds. The highest BCUT2D eigenvalue weighted by molar-refractivity contribution is 5.56. The van der Waals surface area contributed by atoms with Gasteiger partial charge in [-0.1, -0.05) is 18.2 Å². The van der Waals surface area contributed by atoms with Gasteiger partial charge in [0.2, 0.25) is 0 Å². The molecule has 0 spiro atoms. The summed E-state index contributed by atoms with van der Waals surface area (Å²) in [4.78, 5) is 3.23. The monoisotopic (exact) mass is 223 g/mol. The van der Waals surface area contributed by atoms with E-state index in [9.17, 15) is 0 Å². The van der Waals surface area contributed by atoms with Gasteiger partial charge in [0.05, 0.1) is 5.69 Å². The fourth-order valence-electron chi connectivity index (χ4n) is 1.55. The second-order valence-electron chi connectivity index (χ2n) is 3.38. The zero-order chi connectivity index (χ0) is 12.3. The van der Waals surface area contributed by atoms with Crippen LogP contribution in [0.15, 0.2) is 30.3 Å². The van der Waals surface area contributed by atoms with E-state index in [2.05, 4.69) is 9.94 Å². The first-order valence-corrected chi connectivity index (χ1v) is 4.94. The van der Waals surface area contributed by atoms with E-state index in [1.54, 1.807) is 0 Å². The predicted octanol–water partition coefficient (Wildman–Crippen LogP) is 1.75. The highest BCUT2D eigenvalue weighted by Crippen LogP contribution is 2.20. The normalized spacial score (nSPS) is 9.53. The molecular formula is C12H9N5. The van der Waals surface area contributed by atoms with Crippen LogP contribution in [0.4, 0.5) is 5.82 Å². The van der Waals surface area contributed by atoms with Crippen LogP contribution < -0.4 is 5.73 Å². The molecule has 17 heavy (non-hydrogen) atoms. The molecule has 2 N–H and O–H groups in total. The Morgan fingerprint density at radius 3 is 2.71 bits per heavy atom. The van der Waals surface area contributed by atoms with Crippen LogP contribution in [-0.4, -0.2) is 9.78 Å². The Bertz CT molecular complexity index is 613. The smallest absolute Gasteiger partial charge is 0.259 e. The summed E-state index contributed by atoms with van der Waals surface area (Å²) in [6.45, 7) is 6.88. The summed E-state index contributed by atoms with van der Waals surface area (Å²) < 4.78 is 1.49. The standard InChI is InChI=1S/C12H9N5/c1-15-8-11-10(7-13)12(14)17(16-11)9-5-3-2-4-6-9/h2-6H,8,14H2. The third-order valence-corrected chi connectivity index (χ3v) is 2.34. The zero-order valence-electron chi connectivity index (χ0n) is 8.96. The van der Waals surface area contributed by atoms with Gasteiger partial charge in [0.25, 0.3) is 6.54 Å². The Labute approximate surface area is 98.5 Å². The van der Waals surface area contributed by atoms with E-state index in [0.717, 1.165) is 5.69 Å². The molecule has 0 unspecified atom stereocenters. The molecule has 0 saturated carbocycles. The van der Waals surface area contributed by atoms with Crippen molar-refractivity contribution < 1.29 is 0 Å². The largest absolute Gasteiger partial charge is 0.382 e. The highest BCUT2D eigenvalue weighted by atomic mass is 15.3. The van der Waals surface area contributed by atoms with Gasteiger partial charge in [0.1, 0.15) is 17.5 Å². The number of anilines is 1. The number of benzene rings is 1. The van der Waals surface area contributed by atoms with Crippen molar-refractivity contribution in [3.8, 4) is 11.8 Å². The number of aromatic nitrogens is 2. The molecule has 0 radical (unpaired) electrons. The van der Waals surface area contributed by atoms with Crippen LogP contribution in [0.25, 0.3) is 10.5 Å². The summed E-state index contributed by atoms with van der Waals surface area (Å²) in [5.41, 5.74) is 7.33. The van der Waals surface area contributed by atoms with Crippen LogP contribution in [0.5, 0.6) is 0 Å². The minimum atomic E-state index is 0.0624. The Kier molecular flexibility index (Phi) is 2.76. The second kappa shape index (κ2) is 4.38. The van der Waals surface area contributed by atoms with Crippen LogP contribution in [0.3, 0.4) is 0 Å². The van der Waals surface area contributed by atoms with Crippen LogP contribution in [0.1, 0.15) is 11.3 Å². The molecule has 1 heterocycles. The Morgan fingerprint density at radius 2 is 2.12 bits per heavy atom. The first kappa shape index (κ1) is 10.7. The van der Waals surface area contributed by atoms with Gasteiger partial charge in [-0.05, 0) is 12.1 Å². The third-order valence-electron chi connectivity index (χ3n) is 2.34. The number of nitrogens with two attached hydrogens (primary N) is 1. The number of nitriles is 1. The van der Waals surface area contributed by atoms with E-state index < -0.39 is 0 Å². The molecule has 5 heteroatoms. The van der Waals surface area contributed by atoms with E-state index in [1.165, 1.54) is 4.68 Å². The van der Waals surface area contributed by atoms with Crippen LogP contribution in [0.2, 0.25) is 0 Å². The van der Waals surface area contributed by atoms with Gasteiger partial charge in [-0.3, -0.25) is 0 Å². The molecule has 1 aromatic heterocycles. The maximum absolute atomic E-state index is 9.00. The van der Waals surface area contributed by atoms with Gasteiger partial charge in [-0.15, -0.1) is 0 Å². The molecule has 1 aromatic carbocycles. The van der Waals surface area contributed by atoms with E-state index in [-0.39, 0.29) is 17.9 Å². The van der Waals surface area contributed by atoms with E-state index in [0.29, 0.717) is 5.69 Å². The molecule has 0 aliphatic rings. The minimum Gasteiger partial charge on any atom is -0.382 e. The number of para-hydroxylation sites is 1. The Balaban J connectivity index is 2.59. The van der Waals surface area contributed by atoms with Gasteiger partial charge >= 0.3 is 0 Å². The number of hydrogen-bond acceptors (Lipinski definition) is 3. The summed E-state index contributed by atoms with van der Waals surface area (Å²) in [6.07, 6.45) is 0. The van der Waals surface area contributed by atoms with Crippen LogP contribution in [-0.2, 0) is 6.54 Å². The molecule has 5 nitrogen and oxygen atoms in total. The maximum Gasteiger partial charge on any atom is 0.259 e. The lowest BCUT2D eigenvalue weighted by molar-refractivity contribution is 0.859. The molecule has 0 aliphatic heterocycles. The number of nitrogens with zero attached hydrogens (tertiary/aromatic N) is 4. The van der Waals surface area contributed by atoms with Crippen molar-refractivity contribution in [1.82, 2.24) is 9.78 Å². The lowest BCUT2D eigenvalue weighted by atomic mass is 10.2. The molecule has 0 atom stereocenters. The average Bonchev–Trinajstić information content (AvgIpc) is 2.67. The lowest BCUT2D eigenvalue weighted by Crippen LogP contribution is -2.02. The van der Waals surface area contributed by atoms with Crippen molar-refractivity contribution in [1.29, 1.82) is 5.26 Å². The number of rotatable bonds is 2. The van der Waals surface area contributed by atoms with Crippen molar-refractivity contribution in [3.05, 3.63) is 53.0 Å². The number of hydrogen-bond donors (Lipinski definition) is 1. The van der Waals surface area contributed by atoms with Gasteiger partial charge in [0.15, 0.2) is 5.69 Å². The maximum atomic E-state index is 9.00. The van der Waals surface area contributed by atoms with Gasteiger partial charge in [-0.25, -0.2) is 11.3 Å². The minimum absolute atomic E-state index is 0.0624. The molecule has 0 saturated heterocycles. The zero-order valence-corrected chi connectivity index (χ0v) is 8.96. The van der Waals surface area contributed by atoms with Gasteiger partial charge < -0.3 is 10.6 Å². The summed E-state index contributed by atoms with van der Waals surface area (Å²) in [5.74, 6) is 0.275. The summed E-state index contributed by atoms with van der Waals surface area (Å²) in [6, 6.07) is 11.3. The second-order valence-corrected chi connectivity index (χ2v) is 3.38. The van der Waals surface area contributed by atoms with Gasteiger partial charge in [-0.2, -0.15) is 10.4 Å². The first-order valence-electron chi connectivity index (χ1n) is 4.94. The highest BCUT2D eigenvalue weighted by Gasteiger charge is 2.17. The third kappa shape index (κ3) is 1.82. The van der Waals surface area contributed by atoms with Crippen molar-refractivity contribution in [2.24, 2.45) is 0 Å². The Hall–Kier alpha value is -2.79. The topological polar surface area (TPSA) is 72.0 Å². The van der Waals surface area contributed by atoms with Crippen molar-refractivity contribution in [3.63, 3.8) is 0 Å². The molecular weight excluding hydrogens is 214 g/mol. The fourth-order valence-corrected chi connectivity index (χ4v) is 1.55. The van der Waals surface area contributed by atoms with Crippen LogP contribution >= 0.6 is 0 Å². The molecule has 82 valence electrons. The summed E-state index contributed by atoms with van der Waals surface area (Å²) >= 11 is 0. The summed E-state index contributed by atoms with van der Waals surface area (Å²) in [5, 5.41) is 13.2. The average molecular weight is 223 g/mol. The quantitative estimate of drug-likeness (QED) is 0.788. The van der Waals surface area contributed by atoms with Crippen molar-refractivity contribution in [2.45, 2.75) is 6.54 Å². The van der Waals surface area contributed by atoms with Crippen molar-refractivity contribution >= 4 is 5.82 Å². The van der Waals surface area contributed by atoms with E-state index >= 15 is 0 Å². The lowest BCUT2D eigenvalue weighted by Gasteiger charge is -2.02. The molecule has 0 aliphatic carbocycles. The molecule has 2 aromatic rings. The Morgan fingerprint density at radius 1 is 1.41 bits per heavy atom. The van der Waals surface area contributed by atoms with E-state index in [4.69, 9.17) is 17.6 Å². The van der Waals surface area contributed by atoms with Crippen LogP contribution in [0, 0.1) is 17.9 Å². The predicted molar refractivity (Wildman–Crippen MR) is 63.0 cm³/mol. The fraction of sp³-hybridized carbons (Fsp3) is 0.0833.